The zero-order chi connectivity index (χ0) is 15.5. The minimum absolute atomic E-state index is 0.309. The molecule has 0 heterocycles. The number of carbonyl (C=O) groups is 1. The molecular formula is C20H30O2. The lowest BCUT2D eigenvalue weighted by molar-refractivity contribution is -0.118. The van der Waals surface area contributed by atoms with Crippen LogP contribution in [0.15, 0.2) is 11.6 Å². The van der Waals surface area contributed by atoms with Crippen LogP contribution in [0, 0.1) is 28.6 Å². The van der Waals surface area contributed by atoms with Gasteiger partial charge < -0.3 is 4.74 Å². The predicted octanol–water partition coefficient (Wildman–Crippen LogP) is 4.53. The molecule has 2 nitrogen and oxygen atoms in total. The van der Waals surface area contributed by atoms with Gasteiger partial charge in [0.15, 0.2) is 5.78 Å². The molecule has 4 aliphatic rings. The molecule has 2 heteroatoms. The lowest BCUT2D eigenvalue weighted by Gasteiger charge is -2.57. The van der Waals surface area contributed by atoms with Crippen LogP contribution >= 0.6 is 0 Å². The van der Waals surface area contributed by atoms with Gasteiger partial charge in [0.2, 0.25) is 0 Å². The molecule has 3 saturated carbocycles. The van der Waals surface area contributed by atoms with Crippen LogP contribution in [0.1, 0.15) is 65.2 Å². The van der Waals surface area contributed by atoms with Crippen LogP contribution in [-0.2, 0) is 9.53 Å². The molecule has 0 bridgehead atoms. The smallest absolute Gasteiger partial charge is 0.155 e. The van der Waals surface area contributed by atoms with Crippen LogP contribution in [0.2, 0.25) is 0 Å². The summed E-state index contributed by atoms with van der Waals surface area (Å²) >= 11 is 0. The molecule has 0 aromatic heterocycles. The highest BCUT2D eigenvalue weighted by Gasteiger charge is 2.59. The van der Waals surface area contributed by atoms with E-state index in [9.17, 15) is 4.79 Å². The van der Waals surface area contributed by atoms with Crippen molar-refractivity contribution in [1.29, 1.82) is 0 Å². The number of ketones is 1. The number of methoxy groups -OCH3 is 1. The van der Waals surface area contributed by atoms with Crippen molar-refractivity contribution in [2.45, 2.75) is 71.3 Å². The highest BCUT2D eigenvalue weighted by Crippen LogP contribution is 2.65. The Balaban J connectivity index is 1.67. The average molecular weight is 302 g/mol. The highest BCUT2D eigenvalue weighted by atomic mass is 16.5. The summed E-state index contributed by atoms with van der Waals surface area (Å²) in [5.41, 5.74) is 2.19. The van der Waals surface area contributed by atoms with Gasteiger partial charge in [-0.2, -0.15) is 0 Å². The Bertz CT molecular complexity index is 522. The Kier molecular flexibility index (Phi) is 3.35. The van der Waals surface area contributed by atoms with E-state index >= 15 is 0 Å². The van der Waals surface area contributed by atoms with Gasteiger partial charge in [0, 0.05) is 13.5 Å². The first-order chi connectivity index (χ1) is 10.5. The lowest BCUT2D eigenvalue weighted by atomic mass is 9.47. The van der Waals surface area contributed by atoms with E-state index < -0.39 is 0 Å². The second-order valence-corrected chi connectivity index (χ2v) is 8.82. The van der Waals surface area contributed by atoms with Gasteiger partial charge in [-0.05, 0) is 79.6 Å². The average Bonchev–Trinajstić information content (AvgIpc) is 2.84. The van der Waals surface area contributed by atoms with Crippen molar-refractivity contribution in [3.63, 3.8) is 0 Å². The van der Waals surface area contributed by atoms with E-state index in [0.717, 1.165) is 37.0 Å². The summed E-state index contributed by atoms with van der Waals surface area (Å²) < 4.78 is 5.85. The van der Waals surface area contributed by atoms with Crippen LogP contribution in [0.4, 0.5) is 0 Å². The molecule has 0 spiro atoms. The van der Waals surface area contributed by atoms with Crippen LogP contribution in [0.3, 0.4) is 0 Å². The van der Waals surface area contributed by atoms with E-state index in [1.807, 2.05) is 13.2 Å². The third-order valence-electron chi connectivity index (χ3n) is 8.16. The van der Waals surface area contributed by atoms with Crippen LogP contribution in [-0.4, -0.2) is 19.0 Å². The van der Waals surface area contributed by atoms with Crippen molar-refractivity contribution in [1.82, 2.24) is 0 Å². The normalized spacial score (nSPS) is 50.9. The Hall–Kier alpha value is -0.630. The number of hydrogen-bond donors (Lipinski definition) is 0. The minimum atomic E-state index is 0.309. The van der Waals surface area contributed by atoms with Gasteiger partial charge in [-0.3, -0.25) is 4.79 Å². The molecule has 0 amide bonds. The maximum absolute atomic E-state index is 11.8. The van der Waals surface area contributed by atoms with Gasteiger partial charge in [-0.1, -0.05) is 19.4 Å². The lowest BCUT2D eigenvalue weighted by Crippen LogP contribution is -2.51. The van der Waals surface area contributed by atoms with Crippen molar-refractivity contribution >= 4 is 5.78 Å². The molecule has 22 heavy (non-hydrogen) atoms. The predicted molar refractivity (Wildman–Crippen MR) is 87.5 cm³/mol. The summed E-state index contributed by atoms with van der Waals surface area (Å²) in [7, 11) is 1.90. The Morgan fingerprint density at radius 3 is 2.64 bits per heavy atom. The van der Waals surface area contributed by atoms with E-state index in [1.54, 1.807) is 0 Å². The minimum Gasteiger partial charge on any atom is -0.381 e. The quantitative estimate of drug-likeness (QED) is 0.711. The number of fused-ring (bicyclic) bond motifs is 5. The topological polar surface area (TPSA) is 26.3 Å². The van der Waals surface area contributed by atoms with Gasteiger partial charge in [-0.15, -0.1) is 0 Å². The fourth-order valence-corrected chi connectivity index (χ4v) is 6.90. The number of rotatable bonds is 1. The van der Waals surface area contributed by atoms with Crippen molar-refractivity contribution in [3.05, 3.63) is 11.6 Å². The molecule has 6 atom stereocenters. The Morgan fingerprint density at radius 2 is 1.86 bits per heavy atom. The molecule has 0 saturated heterocycles. The molecule has 0 aliphatic heterocycles. The van der Waals surface area contributed by atoms with E-state index in [2.05, 4.69) is 13.8 Å². The molecule has 0 aromatic rings. The molecular weight excluding hydrogens is 272 g/mol. The summed E-state index contributed by atoms with van der Waals surface area (Å²) in [5.74, 6) is 2.86. The fraction of sp³-hybridized carbons (Fsp3) is 0.850. The van der Waals surface area contributed by atoms with Crippen molar-refractivity contribution in [2.24, 2.45) is 28.6 Å². The van der Waals surface area contributed by atoms with Crippen molar-refractivity contribution in [3.8, 4) is 0 Å². The van der Waals surface area contributed by atoms with E-state index in [1.165, 1.54) is 37.7 Å². The van der Waals surface area contributed by atoms with Gasteiger partial charge in [0.05, 0.1) is 6.10 Å². The number of carbonyl (C=O) groups excluding carboxylic acids is 1. The Labute approximate surface area is 134 Å². The second kappa shape index (κ2) is 4.93. The summed E-state index contributed by atoms with van der Waals surface area (Å²) in [5, 5.41) is 0. The van der Waals surface area contributed by atoms with Crippen LogP contribution in [0.5, 0.6) is 0 Å². The molecule has 4 rings (SSSR count). The first-order valence-corrected chi connectivity index (χ1v) is 9.26. The first-order valence-electron chi connectivity index (χ1n) is 9.26. The van der Waals surface area contributed by atoms with E-state index in [-0.39, 0.29) is 0 Å². The van der Waals surface area contributed by atoms with Crippen molar-refractivity contribution < 1.29 is 9.53 Å². The molecule has 3 fully saturated rings. The molecule has 122 valence electrons. The zero-order valence-corrected chi connectivity index (χ0v) is 14.4. The SMILES string of the molecule is CO[C@@H]1CC[C@@H]2[C@H]3CCC4=CC(=O)CC[C@]4(C)[C@@H]3CC[C@@]21C. The highest BCUT2D eigenvalue weighted by molar-refractivity contribution is 5.91. The molecule has 4 aliphatic carbocycles. The second-order valence-electron chi connectivity index (χ2n) is 8.82. The van der Waals surface area contributed by atoms with Gasteiger partial charge >= 0.3 is 0 Å². The summed E-state index contributed by atoms with van der Waals surface area (Å²) in [4.78, 5) is 11.8. The maximum atomic E-state index is 11.8. The van der Waals surface area contributed by atoms with Gasteiger partial charge in [0.1, 0.15) is 0 Å². The largest absolute Gasteiger partial charge is 0.381 e. The van der Waals surface area contributed by atoms with Gasteiger partial charge in [0.25, 0.3) is 0 Å². The number of hydrogen-bond acceptors (Lipinski definition) is 2. The van der Waals surface area contributed by atoms with Crippen molar-refractivity contribution in [2.75, 3.05) is 7.11 Å². The first kappa shape index (κ1) is 14.9. The van der Waals surface area contributed by atoms with Crippen LogP contribution in [0.25, 0.3) is 0 Å². The fourth-order valence-electron chi connectivity index (χ4n) is 6.90. The molecule has 0 unspecified atom stereocenters. The van der Waals surface area contributed by atoms with Crippen LogP contribution < -0.4 is 0 Å². The number of ether oxygens (including phenoxy) is 1. The van der Waals surface area contributed by atoms with E-state index in [4.69, 9.17) is 4.74 Å². The molecule has 0 radical (unpaired) electrons. The third kappa shape index (κ3) is 1.85. The summed E-state index contributed by atoms with van der Waals surface area (Å²) in [6, 6.07) is 0. The molecule has 0 N–H and O–H groups in total. The monoisotopic (exact) mass is 302 g/mol. The number of allylic oxidation sites excluding steroid dienone is 1. The Morgan fingerprint density at radius 1 is 1.05 bits per heavy atom. The standard InChI is InChI=1S/C20H30O2/c1-19-10-8-14(21)12-13(19)4-5-15-16-6-7-18(22-3)20(16,2)11-9-17(15)19/h12,15-18H,4-11H2,1-3H3/t15-,16-,17-,18-,19+,20+/m1/s1. The zero-order valence-electron chi connectivity index (χ0n) is 14.4. The van der Waals surface area contributed by atoms with Gasteiger partial charge in [-0.25, -0.2) is 0 Å². The molecule has 0 aromatic carbocycles. The third-order valence-corrected chi connectivity index (χ3v) is 8.16. The maximum Gasteiger partial charge on any atom is 0.155 e. The summed E-state index contributed by atoms with van der Waals surface area (Å²) in [6.45, 7) is 4.96. The van der Waals surface area contributed by atoms with E-state index in [0.29, 0.717) is 22.7 Å². The summed E-state index contributed by atoms with van der Waals surface area (Å²) in [6.07, 6.45) is 12.1.